The molecule has 3 heterocycles. The molecule has 2 bridgehead atoms. The summed E-state index contributed by atoms with van der Waals surface area (Å²) in [5.74, 6) is -0.717. The first kappa shape index (κ1) is 27.7. The van der Waals surface area contributed by atoms with E-state index in [1.54, 1.807) is 31.7 Å². The van der Waals surface area contributed by atoms with Crippen LogP contribution < -0.4 is 10.2 Å². The van der Waals surface area contributed by atoms with Gasteiger partial charge in [-0.05, 0) is 70.1 Å². The fourth-order valence-electron chi connectivity index (χ4n) is 6.56. The number of piperidine rings is 1. The first-order chi connectivity index (χ1) is 18.6. The molecule has 5 rings (SSSR count). The van der Waals surface area contributed by atoms with Gasteiger partial charge in [0.25, 0.3) is 0 Å². The Morgan fingerprint density at radius 3 is 2.59 bits per heavy atom. The number of benzene rings is 1. The molecule has 3 saturated heterocycles. The number of hydrogen-bond donors (Lipinski definition) is 1. The van der Waals surface area contributed by atoms with Crippen molar-refractivity contribution < 1.29 is 23.5 Å². The van der Waals surface area contributed by atoms with E-state index < -0.39 is 23.8 Å². The van der Waals surface area contributed by atoms with Crippen molar-refractivity contribution in [1.82, 2.24) is 15.1 Å². The zero-order valence-corrected chi connectivity index (χ0v) is 23.2. The predicted molar refractivity (Wildman–Crippen MR) is 144 cm³/mol. The molecule has 2 amide bonds. The summed E-state index contributed by atoms with van der Waals surface area (Å²) in [5.41, 5.74) is 0.535. The van der Waals surface area contributed by atoms with Gasteiger partial charge in [0.05, 0.1) is 12.7 Å². The molecule has 3 aliphatic heterocycles. The van der Waals surface area contributed by atoms with Crippen LogP contribution in [0.2, 0.25) is 0 Å². The largest absolute Gasteiger partial charge is 0.444 e. The number of nitriles is 1. The molecule has 4 fully saturated rings. The van der Waals surface area contributed by atoms with Crippen molar-refractivity contribution in [3.05, 3.63) is 29.6 Å². The maximum Gasteiger partial charge on any atom is 0.411 e. The van der Waals surface area contributed by atoms with Crippen LogP contribution in [0.4, 0.5) is 14.9 Å². The quantitative estimate of drug-likeness (QED) is 0.591. The van der Waals surface area contributed by atoms with E-state index in [1.165, 1.54) is 6.07 Å². The Labute approximate surface area is 230 Å². The van der Waals surface area contributed by atoms with E-state index in [9.17, 15) is 14.9 Å². The Morgan fingerprint density at radius 1 is 1.18 bits per heavy atom. The van der Waals surface area contributed by atoms with Crippen LogP contribution in [0, 0.1) is 23.1 Å². The highest BCUT2D eigenvalue weighted by Crippen LogP contribution is 2.43. The average molecular weight is 542 g/mol. The molecular formula is C29H40FN5O4. The number of nitrogens with one attached hydrogen (secondary N) is 1. The lowest BCUT2D eigenvalue weighted by molar-refractivity contribution is -0.128. The molecule has 10 heteroatoms. The molecule has 212 valence electrons. The van der Waals surface area contributed by atoms with Crippen molar-refractivity contribution >= 4 is 17.7 Å². The highest BCUT2D eigenvalue weighted by Gasteiger charge is 2.52. The van der Waals surface area contributed by atoms with Crippen LogP contribution in [-0.4, -0.2) is 91.0 Å². The fraction of sp³-hybridized carbons (Fsp3) is 0.690. The summed E-state index contributed by atoms with van der Waals surface area (Å²) in [4.78, 5) is 32.4. The number of nitrogens with zero attached hydrogens (tertiary/aromatic N) is 4. The molecule has 5 unspecified atom stereocenters. The standard InChI is InChI=1S/C29H40FN5O4/c1-29(2,3)39-28(37)35-23-7-5-20(15-23)26(35)27(36)32-21(17-31)14-19-4-6-22(16-25(19)30)33-9-11-34(12-10-33)24-8-13-38-18-24/h4,6,16,20-21,23-24,26H,5,7-15,18H2,1-3H3,(H,32,36). The van der Waals surface area contributed by atoms with Crippen LogP contribution in [0.15, 0.2) is 18.2 Å². The summed E-state index contributed by atoms with van der Waals surface area (Å²) in [6, 6.07) is 6.12. The number of fused-ring (bicyclic) bond motifs is 2. The van der Waals surface area contributed by atoms with E-state index in [1.807, 2.05) is 6.07 Å². The minimum atomic E-state index is -0.908. The van der Waals surface area contributed by atoms with E-state index in [-0.39, 0.29) is 30.1 Å². The molecular weight excluding hydrogens is 501 g/mol. The lowest BCUT2D eigenvalue weighted by Gasteiger charge is -2.38. The van der Waals surface area contributed by atoms with Gasteiger partial charge in [-0.1, -0.05) is 6.07 Å². The third-order valence-electron chi connectivity index (χ3n) is 8.49. The molecule has 1 N–H and O–H groups in total. The summed E-state index contributed by atoms with van der Waals surface area (Å²) in [7, 11) is 0. The maximum atomic E-state index is 15.2. The fourth-order valence-corrected chi connectivity index (χ4v) is 6.56. The highest BCUT2D eigenvalue weighted by molar-refractivity contribution is 5.87. The van der Waals surface area contributed by atoms with Crippen molar-refractivity contribution in [3.63, 3.8) is 0 Å². The molecule has 4 aliphatic rings. The first-order valence-electron chi connectivity index (χ1n) is 14.2. The van der Waals surface area contributed by atoms with Crippen LogP contribution >= 0.6 is 0 Å². The van der Waals surface area contributed by atoms with Gasteiger partial charge in [-0.25, -0.2) is 9.18 Å². The van der Waals surface area contributed by atoms with Gasteiger partial charge in [0.15, 0.2) is 0 Å². The third-order valence-corrected chi connectivity index (χ3v) is 8.49. The van der Waals surface area contributed by atoms with Crippen molar-refractivity contribution in [2.45, 2.75) is 82.6 Å². The molecule has 1 aromatic carbocycles. The van der Waals surface area contributed by atoms with Crippen molar-refractivity contribution in [2.75, 3.05) is 44.3 Å². The van der Waals surface area contributed by atoms with Gasteiger partial charge < -0.3 is 19.7 Å². The number of likely N-dealkylation sites (tertiary alicyclic amines) is 1. The number of ether oxygens (including phenoxy) is 2. The molecule has 0 aromatic heterocycles. The van der Waals surface area contributed by atoms with Crippen molar-refractivity contribution in [3.8, 4) is 6.07 Å². The SMILES string of the molecule is CC(C)(C)OC(=O)N1C2CCC(C2)C1C(=O)NC(C#N)Cc1ccc(N2CCN(C3CCOC3)CC2)cc1F. The third kappa shape index (κ3) is 6.15. The van der Waals surface area contributed by atoms with E-state index in [0.717, 1.165) is 70.8 Å². The average Bonchev–Trinajstić information content (AvgIpc) is 3.66. The number of amides is 2. The number of rotatable bonds is 6. The first-order valence-corrected chi connectivity index (χ1v) is 14.2. The number of carbonyl (C=O) groups excluding carboxylic acids is 2. The topological polar surface area (TPSA) is 98.1 Å². The Hall–Kier alpha value is -2.90. The number of hydrogen-bond acceptors (Lipinski definition) is 7. The van der Waals surface area contributed by atoms with Gasteiger partial charge in [0, 0.05) is 57.0 Å². The van der Waals surface area contributed by atoms with Gasteiger partial charge >= 0.3 is 6.09 Å². The minimum Gasteiger partial charge on any atom is -0.444 e. The monoisotopic (exact) mass is 541 g/mol. The van der Waals surface area contributed by atoms with E-state index in [0.29, 0.717) is 11.6 Å². The lowest BCUT2D eigenvalue weighted by atomic mass is 9.97. The number of anilines is 1. The molecule has 1 aromatic rings. The predicted octanol–water partition coefficient (Wildman–Crippen LogP) is 3.08. The Bertz CT molecular complexity index is 1100. The number of carbonyl (C=O) groups is 2. The van der Waals surface area contributed by atoms with Crippen LogP contribution in [0.25, 0.3) is 0 Å². The van der Waals surface area contributed by atoms with E-state index in [2.05, 4.69) is 21.2 Å². The molecule has 5 atom stereocenters. The second-order valence-corrected chi connectivity index (χ2v) is 12.3. The van der Waals surface area contributed by atoms with Gasteiger partial charge in [-0.3, -0.25) is 14.6 Å². The van der Waals surface area contributed by atoms with Crippen LogP contribution in [0.5, 0.6) is 0 Å². The highest BCUT2D eigenvalue weighted by atomic mass is 19.1. The Kier molecular flexibility index (Phi) is 8.01. The second kappa shape index (κ2) is 11.3. The van der Waals surface area contributed by atoms with Gasteiger partial charge in [-0.15, -0.1) is 0 Å². The minimum absolute atomic E-state index is 0.0283. The zero-order chi connectivity index (χ0) is 27.7. The maximum absolute atomic E-state index is 15.2. The summed E-state index contributed by atoms with van der Waals surface area (Å²) in [6.45, 7) is 10.5. The van der Waals surface area contributed by atoms with Gasteiger partial charge in [0.2, 0.25) is 5.91 Å². The van der Waals surface area contributed by atoms with E-state index in [4.69, 9.17) is 9.47 Å². The molecule has 1 aliphatic carbocycles. The lowest BCUT2D eigenvalue weighted by Crippen LogP contribution is -2.55. The van der Waals surface area contributed by atoms with Crippen LogP contribution in [0.3, 0.4) is 0 Å². The summed E-state index contributed by atoms with van der Waals surface area (Å²) in [5, 5.41) is 12.6. The summed E-state index contributed by atoms with van der Waals surface area (Å²) in [6.07, 6.45) is 3.09. The van der Waals surface area contributed by atoms with Crippen LogP contribution in [-0.2, 0) is 20.7 Å². The van der Waals surface area contributed by atoms with Crippen LogP contribution in [0.1, 0.15) is 52.0 Å². The smallest absolute Gasteiger partial charge is 0.411 e. The summed E-state index contributed by atoms with van der Waals surface area (Å²) >= 11 is 0. The molecule has 9 nitrogen and oxygen atoms in total. The van der Waals surface area contributed by atoms with Crippen molar-refractivity contribution in [2.24, 2.45) is 5.92 Å². The molecule has 39 heavy (non-hydrogen) atoms. The summed E-state index contributed by atoms with van der Waals surface area (Å²) < 4.78 is 26.2. The molecule has 1 saturated carbocycles. The van der Waals surface area contributed by atoms with Crippen molar-refractivity contribution in [1.29, 1.82) is 5.26 Å². The number of piperazine rings is 1. The second-order valence-electron chi connectivity index (χ2n) is 12.3. The molecule has 0 radical (unpaired) electrons. The normalized spacial score (nSPS) is 27.9. The number of halogens is 1. The van der Waals surface area contributed by atoms with Gasteiger partial charge in [-0.2, -0.15) is 5.26 Å². The molecule has 0 spiro atoms. The zero-order valence-electron chi connectivity index (χ0n) is 23.2. The van der Waals surface area contributed by atoms with Gasteiger partial charge in [0.1, 0.15) is 23.5 Å². The van der Waals surface area contributed by atoms with E-state index >= 15 is 4.39 Å². The Morgan fingerprint density at radius 2 is 1.95 bits per heavy atom. The Balaban J connectivity index is 1.19.